The molecule has 1 unspecified atom stereocenters. The first-order valence-corrected chi connectivity index (χ1v) is 14.1. The standard InChI is InChI=1S/C29H33BrClN3O3/c1-18-27(29(37)33-17-20(11-14-26(35)36)22-9-5-6-10-24(22)31)23-15-21(30)12-13-25(23)34-28(18)32-16-19-7-3-2-4-8-19/h5-6,9-10,12-13,15,19-20H,2-4,7-8,11,14,16-17H2,1H3,(H,32,34)(H,33,37)(H,35,36). The lowest BCUT2D eigenvalue weighted by molar-refractivity contribution is -0.137. The number of anilines is 1. The van der Waals surface area contributed by atoms with E-state index in [2.05, 4.69) is 26.6 Å². The van der Waals surface area contributed by atoms with Gasteiger partial charge in [0.1, 0.15) is 5.82 Å². The predicted molar refractivity (Wildman–Crippen MR) is 153 cm³/mol. The Bertz CT molecular complexity index is 1280. The minimum absolute atomic E-state index is 0.00877. The lowest BCUT2D eigenvalue weighted by atomic mass is 9.89. The van der Waals surface area contributed by atoms with Crippen LogP contribution in [0.3, 0.4) is 0 Å². The Morgan fingerprint density at radius 2 is 1.92 bits per heavy atom. The fourth-order valence-corrected chi connectivity index (χ4v) is 5.85. The van der Waals surface area contributed by atoms with E-state index >= 15 is 0 Å². The van der Waals surface area contributed by atoms with Crippen LogP contribution in [0.1, 0.15) is 72.3 Å². The molecule has 1 atom stereocenters. The van der Waals surface area contributed by atoms with Gasteiger partial charge >= 0.3 is 5.97 Å². The van der Waals surface area contributed by atoms with E-state index in [9.17, 15) is 14.7 Å². The van der Waals surface area contributed by atoms with Crippen LogP contribution >= 0.6 is 27.5 Å². The molecular weight excluding hydrogens is 554 g/mol. The summed E-state index contributed by atoms with van der Waals surface area (Å²) < 4.78 is 0.869. The molecule has 1 amide bonds. The normalized spacial score (nSPS) is 14.9. The van der Waals surface area contributed by atoms with Crippen LogP contribution in [-0.4, -0.2) is 35.1 Å². The molecule has 4 rings (SSSR count). The van der Waals surface area contributed by atoms with Crippen molar-refractivity contribution in [3.8, 4) is 0 Å². The van der Waals surface area contributed by atoms with Gasteiger partial charge in [-0.05, 0) is 61.9 Å². The molecule has 196 valence electrons. The third kappa shape index (κ3) is 7.02. The van der Waals surface area contributed by atoms with Crippen molar-refractivity contribution in [2.75, 3.05) is 18.4 Å². The molecule has 0 aliphatic heterocycles. The topological polar surface area (TPSA) is 91.3 Å². The van der Waals surface area contributed by atoms with E-state index in [1.807, 2.05) is 43.3 Å². The quantitative estimate of drug-likeness (QED) is 0.231. The number of rotatable bonds is 10. The van der Waals surface area contributed by atoms with Crippen molar-refractivity contribution in [2.24, 2.45) is 5.92 Å². The number of nitrogens with one attached hydrogen (secondary N) is 2. The van der Waals surface area contributed by atoms with Gasteiger partial charge in [0.05, 0.1) is 11.1 Å². The van der Waals surface area contributed by atoms with Crippen LogP contribution in [0.5, 0.6) is 0 Å². The summed E-state index contributed by atoms with van der Waals surface area (Å²) in [6.45, 7) is 3.06. The van der Waals surface area contributed by atoms with Gasteiger partial charge in [-0.25, -0.2) is 4.98 Å². The number of carbonyl (C=O) groups excluding carboxylic acids is 1. The van der Waals surface area contributed by atoms with Gasteiger partial charge in [0.25, 0.3) is 5.91 Å². The van der Waals surface area contributed by atoms with Crippen molar-refractivity contribution in [1.29, 1.82) is 0 Å². The number of fused-ring (bicyclic) bond motifs is 1. The molecule has 3 aromatic rings. The number of benzene rings is 2. The zero-order valence-electron chi connectivity index (χ0n) is 21.0. The summed E-state index contributed by atoms with van der Waals surface area (Å²) in [6, 6.07) is 13.2. The number of pyridine rings is 1. The molecular formula is C29H33BrClN3O3. The molecule has 8 heteroatoms. The number of carboxylic acids is 1. The summed E-state index contributed by atoms with van der Waals surface area (Å²) in [6.07, 6.45) is 6.66. The van der Waals surface area contributed by atoms with Crippen molar-refractivity contribution in [2.45, 2.75) is 57.8 Å². The second-order valence-corrected chi connectivity index (χ2v) is 11.2. The van der Waals surface area contributed by atoms with Gasteiger partial charge in [0, 0.05) is 45.9 Å². The van der Waals surface area contributed by atoms with Gasteiger partial charge in [-0.2, -0.15) is 0 Å². The Labute approximate surface area is 231 Å². The summed E-state index contributed by atoms with van der Waals surface area (Å²) in [5.74, 6) is 0.0457. The molecule has 1 aliphatic carbocycles. The molecule has 2 aromatic carbocycles. The first kappa shape index (κ1) is 27.4. The minimum atomic E-state index is -0.877. The van der Waals surface area contributed by atoms with Crippen LogP contribution in [-0.2, 0) is 4.79 Å². The van der Waals surface area contributed by atoms with Gasteiger partial charge in [-0.1, -0.05) is 65.0 Å². The molecule has 0 spiro atoms. The molecule has 37 heavy (non-hydrogen) atoms. The highest BCUT2D eigenvalue weighted by Gasteiger charge is 2.22. The number of aliphatic carboxylic acids is 1. The third-order valence-electron chi connectivity index (χ3n) is 7.26. The average Bonchev–Trinajstić information content (AvgIpc) is 2.88. The Morgan fingerprint density at radius 1 is 1.16 bits per heavy atom. The number of amides is 1. The fraction of sp³-hybridized carbons (Fsp3) is 0.414. The van der Waals surface area contributed by atoms with Gasteiger partial charge < -0.3 is 15.7 Å². The average molecular weight is 587 g/mol. The third-order valence-corrected chi connectivity index (χ3v) is 8.10. The maximum absolute atomic E-state index is 13.7. The predicted octanol–water partition coefficient (Wildman–Crippen LogP) is 7.33. The molecule has 1 fully saturated rings. The summed E-state index contributed by atoms with van der Waals surface area (Å²) >= 11 is 9.96. The summed E-state index contributed by atoms with van der Waals surface area (Å²) in [5.41, 5.74) is 2.96. The SMILES string of the molecule is Cc1c(NCC2CCCCC2)nc2ccc(Br)cc2c1C(=O)NCC(CCC(=O)O)c1ccccc1Cl. The number of carbonyl (C=O) groups is 2. The molecule has 1 aromatic heterocycles. The van der Waals surface area contributed by atoms with Crippen LogP contribution in [0.4, 0.5) is 5.82 Å². The van der Waals surface area contributed by atoms with Crippen LogP contribution < -0.4 is 10.6 Å². The number of nitrogens with zero attached hydrogens (tertiary/aromatic N) is 1. The molecule has 3 N–H and O–H groups in total. The molecule has 1 aliphatic rings. The molecule has 1 saturated carbocycles. The largest absolute Gasteiger partial charge is 0.481 e. The molecule has 0 radical (unpaired) electrons. The molecule has 0 bridgehead atoms. The van der Waals surface area contributed by atoms with E-state index in [1.165, 1.54) is 32.1 Å². The first-order valence-electron chi connectivity index (χ1n) is 12.9. The van der Waals surface area contributed by atoms with Gasteiger partial charge in [0.2, 0.25) is 0 Å². The molecule has 6 nitrogen and oxygen atoms in total. The van der Waals surface area contributed by atoms with Crippen LogP contribution in [0, 0.1) is 12.8 Å². The summed E-state index contributed by atoms with van der Waals surface area (Å²) in [7, 11) is 0. The fourth-order valence-electron chi connectivity index (χ4n) is 5.20. The van der Waals surface area contributed by atoms with Crippen molar-refractivity contribution in [3.05, 3.63) is 68.7 Å². The number of hydrogen-bond donors (Lipinski definition) is 3. The summed E-state index contributed by atoms with van der Waals surface area (Å²) in [4.78, 5) is 29.8. The number of halogens is 2. The van der Waals surface area contributed by atoms with E-state index in [4.69, 9.17) is 16.6 Å². The van der Waals surface area contributed by atoms with E-state index < -0.39 is 5.97 Å². The Hall–Kier alpha value is -2.64. The van der Waals surface area contributed by atoms with E-state index in [1.54, 1.807) is 6.07 Å². The van der Waals surface area contributed by atoms with Crippen molar-refractivity contribution in [1.82, 2.24) is 10.3 Å². The van der Waals surface area contributed by atoms with Crippen molar-refractivity contribution in [3.63, 3.8) is 0 Å². The Balaban J connectivity index is 1.60. The number of aromatic nitrogens is 1. The summed E-state index contributed by atoms with van der Waals surface area (Å²) in [5, 5.41) is 17.2. The first-order chi connectivity index (χ1) is 17.8. The van der Waals surface area contributed by atoms with E-state index in [-0.39, 0.29) is 24.8 Å². The van der Waals surface area contributed by atoms with Crippen molar-refractivity contribution >= 4 is 56.1 Å². The van der Waals surface area contributed by atoms with Crippen LogP contribution in [0.25, 0.3) is 10.9 Å². The molecule has 0 saturated heterocycles. The van der Waals surface area contributed by atoms with Crippen molar-refractivity contribution < 1.29 is 14.7 Å². The van der Waals surface area contributed by atoms with E-state index in [0.717, 1.165) is 38.9 Å². The highest BCUT2D eigenvalue weighted by Crippen LogP contribution is 2.31. The highest BCUT2D eigenvalue weighted by atomic mass is 79.9. The molecule has 1 heterocycles. The van der Waals surface area contributed by atoms with Gasteiger partial charge in [-0.3, -0.25) is 9.59 Å². The Morgan fingerprint density at radius 3 is 2.65 bits per heavy atom. The maximum Gasteiger partial charge on any atom is 0.303 e. The smallest absolute Gasteiger partial charge is 0.303 e. The van der Waals surface area contributed by atoms with E-state index in [0.29, 0.717) is 22.9 Å². The zero-order valence-corrected chi connectivity index (χ0v) is 23.4. The second kappa shape index (κ2) is 12.7. The zero-order chi connectivity index (χ0) is 26.4. The monoisotopic (exact) mass is 585 g/mol. The highest BCUT2D eigenvalue weighted by molar-refractivity contribution is 9.10. The number of carboxylic acid groups (broad SMARTS) is 1. The maximum atomic E-state index is 13.7. The lowest BCUT2D eigenvalue weighted by Crippen LogP contribution is -2.30. The van der Waals surface area contributed by atoms with Crippen LogP contribution in [0.15, 0.2) is 46.9 Å². The Kier molecular flexibility index (Phi) is 9.43. The minimum Gasteiger partial charge on any atom is -0.481 e. The van der Waals surface area contributed by atoms with Gasteiger partial charge in [0.15, 0.2) is 0 Å². The van der Waals surface area contributed by atoms with Gasteiger partial charge in [-0.15, -0.1) is 0 Å². The lowest BCUT2D eigenvalue weighted by Gasteiger charge is -2.23. The second-order valence-electron chi connectivity index (χ2n) is 9.87. The van der Waals surface area contributed by atoms with Crippen LogP contribution in [0.2, 0.25) is 5.02 Å². The number of hydrogen-bond acceptors (Lipinski definition) is 4.